The Labute approximate surface area is 177 Å². The van der Waals surface area contributed by atoms with Gasteiger partial charge in [0.2, 0.25) is 0 Å². The van der Waals surface area contributed by atoms with Crippen LogP contribution in [0, 0.1) is 6.92 Å². The first-order valence-electron chi connectivity index (χ1n) is 9.92. The van der Waals surface area contributed by atoms with E-state index in [9.17, 15) is 0 Å². The van der Waals surface area contributed by atoms with Crippen LogP contribution in [0.25, 0.3) is 55.8 Å². The Hall–Kier alpha value is -4.39. The Kier molecular flexibility index (Phi) is 3.86. The predicted molar refractivity (Wildman–Crippen MR) is 120 cm³/mol. The lowest BCUT2D eigenvalue weighted by atomic mass is 10.1. The lowest BCUT2D eigenvalue weighted by molar-refractivity contribution is 1.12. The van der Waals surface area contributed by atoms with E-state index in [-0.39, 0.29) is 0 Å². The Morgan fingerprint density at radius 1 is 0.871 bits per heavy atom. The smallest absolute Gasteiger partial charge is 0.138 e. The number of H-pyrrole nitrogens is 2. The van der Waals surface area contributed by atoms with Gasteiger partial charge in [0.15, 0.2) is 0 Å². The Morgan fingerprint density at radius 3 is 2.68 bits per heavy atom. The second-order valence-corrected chi connectivity index (χ2v) is 7.40. The van der Waals surface area contributed by atoms with E-state index in [1.807, 2.05) is 48.8 Å². The highest BCUT2D eigenvalue weighted by atomic mass is 15.1. The largest absolute Gasteiger partial charge is 0.338 e. The molecule has 0 aliphatic carbocycles. The highest BCUT2D eigenvalue weighted by molar-refractivity contribution is 5.98. The van der Waals surface area contributed by atoms with Gasteiger partial charge in [-0.3, -0.25) is 15.1 Å². The maximum atomic E-state index is 4.91. The second kappa shape index (κ2) is 6.84. The molecule has 0 aliphatic heterocycles. The average Bonchev–Trinajstić information content (AvgIpc) is 3.43. The molecule has 2 N–H and O–H groups in total. The maximum Gasteiger partial charge on any atom is 0.138 e. The van der Waals surface area contributed by atoms with Gasteiger partial charge < -0.3 is 4.98 Å². The normalized spacial score (nSPS) is 11.4. The summed E-state index contributed by atoms with van der Waals surface area (Å²) in [5, 5.41) is 8.65. The zero-order valence-corrected chi connectivity index (χ0v) is 16.7. The summed E-state index contributed by atoms with van der Waals surface area (Å²) in [7, 11) is 0. The summed E-state index contributed by atoms with van der Waals surface area (Å²) < 4.78 is 0. The topological polar surface area (TPSA) is 96.0 Å². The summed E-state index contributed by atoms with van der Waals surface area (Å²) in [6.45, 7) is 2.06. The lowest BCUT2D eigenvalue weighted by Gasteiger charge is -2.04. The molecule has 0 saturated heterocycles. The first-order valence-corrected chi connectivity index (χ1v) is 9.92. The van der Waals surface area contributed by atoms with Crippen LogP contribution in [0.4, 0.5) is 0 Å². The van der Waals surface area contributed by atoms with Crippen LogP contribution in [-0.2, 0) is 0 Å². The molecule has 0 atom stereocenters. The number of nitrogens with one attached hydrogen (secondary N) is 2. The van der Waals surface area contributed by atoms with Crippen molar-refractivity contribution in [1.82, 2.24) is 35.1 Å². The standard InChI is InChI=1S/C24H17N7/c1-14-6-9-26-13-18(14)19-4-5-20-22(28-19)23(31-30-20)21-11-17-16(7-10-27-24(17)29-21)15-3-2-8-25-12-15/h2-13H,1H3,(H,27,29)(H,30,31). The molecule has 7 nitrogen and oxygen atoms in total. The van der Waals surface area contributed by atoms with E-state index in [2.05, 4.69) is 43.1 Å². The van der Waals surface area contributed by atoms with Crippen LogP contribution >= 0.6 is 0 Å². The number of fused-ring (bicyclic) bond motifs is 2. The fraction of sp³-hybridized carbons (Fsp3) is 0.0417. The van der Waals surface area contributed by atoms with Crippen LogP contribution in [0.2, 0.25) is 0 Å². The summed E-state index contributed by atoms with van der Waals surface area (Å²) >= 11 is 0. The highest BCUT2D eigenvalue weighted by Crippen LogP contribution is 2.33. The van der Waals surface area contributed by atoms with Gasteiger partial charge in [0.05, 0.1) is 16.9 Å². The van der Waals surface area contributed by atoms with Gasteiger partial charge in [-0.1, -0.05) is 6.07 Å². The molecule has 0 saturated carbocycles. The Balaban J connectivity index is 1.52. The molecule has 148 valence electrons. The fourth-order valence-electron chi connectivity index (χ4n) is 3.90. The first kappa shape index (κ1) is 17.5. The van der Waals surface area contributed by atoms with Crippen molar-refractivity contribution in [3.63, 3.8) is 0 Å². The van der Waals surface area contributed by atoms with Crippen LogP contribution in [0.1, 0.15) is 5.56 Å². The summed E-state index contributed by atoms with van der Waals surface area (Å²) in [5.41, 5.74) is 9.20. The highest BCUT2D eigenvalue weighted by Gasteiger charge is 2.16. The summed E-state index contributed by atoms with van der Waals surface area (Å²) in [5.74, 6) is 0. The molecule has 6 aromatic rings. The molecule has 0 bridgehead atoms. The molecular weight excluding hydrogens is 386 g/mol. The van der Waals surface area contributed by atoms with Crippen molar-refractivity contribution in [3.05, 3.63) is 79.0 Å². The van der Waals surface area contributed by atoms with Crippen molar-refractivity contribution < 1.29 is 0 Å². The van der Waals surface area contributed by atoms with Crippen LogP contribution < -0.4 is 0 Å². The molecule has 0 radical (unpaired) electrons. The maximum absolute atomic E-state index is 4.91. The van der Waals surface area contributed by atoms with Crippen LogP contribution in [0.3, 0.4) is 0 Å². The van der Waals surface area contributed by atoms with Crippen molar-refractivity contribution in [2.45, 2.75) is 6.92 Å². The number of aromatic nitrogens is 7. The van der Waals surface area contributed by atoms with Gasteiger partial charge in [0, 0.05) is 47.5 Å². The van der Waals surface area contributed by atoms with Gasteiger partial charge in [-0.15, -0.1) is 0 Å². The zero-order chi connectivity index (χ0) is 20.8. The van der Waals surface area contributed by atoms with Crippen molar-refractivity contribution >= 4 is 22.1 Å². The van der Waals surface area contributed by atoms with Gasteiger partial charge >= 0.3 is 0 Å². The number of hydrogen-bond donors (Lipinski definition) is 2. The minimum absolute atomic E-state index is 0.758. The van der Waals surface area contributed by atoms with Gasteiger partial charge in [-0.25, -0.2) is 9.97 Å². The van der Waals surface area contributed by atoms with E-state index in [1.54, 1.807) is 18.6 Å². The molecule has 0 spiro atoms. The van der Waals surface area contributed by atoms with Gasteiger partial charge in [-0.05, 0) is 54.4 Å². The average molecular weight is 403 g/mol. The fourth-order valence-corrected chi connectivity index (χ4v) is 3.90. The van der Waals surface area contributed by atoms with Crippen LogP contribution in [0.5, 0.6) is 0 Å². The quantitative estimate of drug-likeness (QED) is 0.437. The molecule has 0 aliphatic rings. The lowest BCUT2D eigenvalue weighted by Crippen LogP contribution is -1.89. The number of aryl methyl sites for hydroxylation is 1. The minimum Gasteiger partial charge on any atom is -0.338 e. The summed E-state index contributed by atoms with van der Waals surface area (Å²) in [4.78, 5) is 21.3. The van der Waals surface area contributed by atoms with Gasteiger partial charge in [0.1, 0.15) is 16.9 Å². The van der Waals surface area contributed by atoms with Crippen LogP contribution in [0.15, 0.2) is 73.4 Å². The zero-order valence-electron chi connectivity index (χ0n) is 16.7. The van der Waals surface area contributed by atoms with E-state index >= 15 is 0 Å². The summed E-state index contributed by atoms with van der Waals surface area (Å²) in [6, 6.07) is 14.0. The number of nitrogens with zero attached hydrogens (tertiary/aromatic N) is 5. The molecule has 0 amide bonds. The molecule has 7 heteroatoms. The third kappa shape index (κ3) is 2.86. The molecule has 6 rings (SSSR count). The third-order valence-corrected chi connectivity index (χ3v) is 5.48. The second-order valence-electron chi connectivity index (χ2n) is 7.40. The molecule has 6 aromatic heterocycles. The SMILES string of the molecule is Cc1ccncc1-c1ccc2[nH]nc(-c3cc4c(-c5cccnc5)ccnc4[nH]3)c2n1. The monoisotopic (exact) mass is 403 g/mol. The third-order valence-electron chi connectivity index (χ3n) is 5.48. The number of aromatic amines is 2. The Morgan fingerprint density at radius 2 is 1.81 bits per heavy atom. The van der Waals surface area contributed by atoms with E-state index in [0.29, 0.717) is 0 Å². The predicted octanol–water partition coefficient (Wildman–Crippen LogP) is 4.93. The molecule has 0 unspecified atom stereocenters. The Bertz CT molecular complexity index is 1550. The molecular formula is C24H17N7. The van der Waals surface area contributed by atoms with Crippen molar-refractivity contribution in [2.24, 2.45) is 0 Å². The van der Waals surface area contributed by atoms with Gasteiger partial charge in [0.25, 0.3) is 0 Å². The summed E-state index contributed by atoms with van der Waals surface area (Å²) in [6.07, 6.45) is 9.06. The number of rotatable bonds is 3. The van der Waals surface area contributed by atoms with Crippen molar-refractivity contribution in [3.8, 4) is 33.8 Å². The van der Waals surface area contributed by atoms with E-state index in [0.717, 1.165) is 61.4 Å². The van der Waals surface area contributed by atoms with Crippen LogP contribution in [-0.4, -0.2) is 35.1 Å². The first-order chi connectivity index (χ1) is 15.3. The number of hydrogen-bond acceptors (Lipinski definition) is 5. The van der Waals surface area contributed by atoms with E-state index in [1.165, 1.54) is 0 Å². The molecule has 0 aromatic carbocycles. The molecule has 6 heterocycles. The van der Waals surface area contributed by atoms with E-state index in [4.69, 9.17) is 4.98 Å². The minimum atomic E-state index is 0.758. The van der Waals surface area contributed by atoms with E-state index < -0.39 is 0 Å². The molecule has 0 fully saturated rings. The van der Waals surface area contributed by atoms with Crippen molar-refractivity contribution in [2.75, 3.05) is 0 Å². The van der Waals surface area contributed by atoms with Crippen molar-refractivity contribution in [1.29, 1.82) is 0 Å². The number of pyridine rings is 4. The van der Waals surface area contributed by atoms with Gasteiger partial charge in [-0.2, -0.15) is 5.10 Å². The molecule has 31 heavy (non-hydrogen) atoms.